The van der Waals surface area contributed by atoms with Crippen LogP contribution in [0.15, 0.2) is 36.1 Å². The zero-order valence-corrected chi connectivity index (χ0v) is 15.6. The van der Waals surface area contributed by atoms with Crippen molar-refractivity contribution >= 4 is 0 Å². The van der Waals surface area contributed by atoms with E-state index in [-0.39, 0.29) is 0 Å². The van der Waals surface area contributed by atoms with Gasteiger partial charge in [-0.15, -0.1) is 0 Å². The number of benzene rings is 1. The molecule has 0 aromatic heterocycles. The Balaban J connectivity index is 1.48. The molecule has 0 aliphatic heterocycles. The molecule has 24 heavy (non-hydrogen) atoms. The molecule has 2 fully saturated rings. The molecule has 1 heteroatoms. The Morgan fingerprint density at radius 2 is 1.54 bits per heavy atom. The molecule has 0 spiro atoms. The van der Waals surface area contributed by atoms with Gasteiger partial charge in [-0.25, -0.2) is 0 Å². The third kappa shape index (κ3) is 4.43. The van der Waals surface area contributed by atoms with Crippen LogP contribution in [0, 0.1) is 11.8 Å². The van der Waals surface area contributed by atoms with E-state index in [0.717, 1.165) is 17.8 Å². The van der Waals surface area contributed by atoms with Crippen molar-refractivity contribution in [3.05, 3.63) is 47.2 Å². The van der Waals surface area contributed by atoms with Crippen LogP contribution in [-0.4, -0.2) is 7.11 Å². The minimum Gasteiger partial charge on any atom is -0.504 e. The second-order valence-corrected chi connectivity index (χ2v) is 7.95. The van der Waals surface area contributed by atoms with Gasteiger partial charge >= 0.3 is 0 Å². The van der Waals surface area contributed by atoms with Gasteiger partial charge in [0.05, 0.1) is 13.4 Å². The highest BCUT2D eigenvalue weighted by Gasteiger charge is 2.29. The van der Waals surface area contributed by atoms with Crippen LogP contribution in [0.4, 0.5) is 0 Å². The SMILES string of the molecule is CCCc1ccc(C2CCC(C3CCC(=COC)CC3)CC2)cc1. The van der Waals surface area contributed by atoms with E-state index >= 15 is 0 Å². The lowest BCUT2D eigenvalue weighted by molar-refractivity contribution is 0.197. The van der Waals surface area contributed by atoms with Crippen molar-refractivity contribution in [2.75, 3.05) is 7.11 Å². The summed E-state index contributed by atoms with van der Waals surface area (Å²) < 4.78 is 5.19. The Bertz CT molecular complexity index is 509. The fourth-order valence-electron chi connectivity index (χ4n) is 4.94. The van der Waals surface area contributed by atoms with Crippen LogP contribution in [0.5, 0.6) is 0 Å². The first kappa shape index (κ1) is 17.6. The van der Waals surface area contributed by atoms with Crippen molar-refractivity contribution < 1.29 is 4.74 Å². The second kappa shape index (κ2) is 8.74. The van der Waals surface area contributed by atoms with Crippen molar-refractivity contribution in [3.8, 4) is 0 Å². The van der Waals surface area contributed by atoms with Crippen molar-refractivity contribution in [1.29, 1.82) is 0 Å². The summed E-state index contributed by atoms with van der Waals surface area (Å²) in [6.07, 6.45) is 15.4. The summed E-state index contributed by atoms with van der Waals surface area (Å²) in [5, 5.41) is 0. The summed E-state index contributed by atoms with van der Waals surface area (Å²) in [6.45, 7) is 2.26. The van der Waals surface area contributed by atoms with Crippen LogP contribution in [0.2, 0.25) is 0 Å². The van der Waals surface area contributed by atoms with E-state index in [0.29, 0.717) is 0 Å². The van der Waals surface area contributed by atoms with Crippen LogP contribution in [-0.2, 0) is 11.2 Å². The Labute approximate surface area is 148 Å². The Morgan fingerprint density at radius 1 is 0.917 bits per heavy atom. The first-order chi connectivity index (χ1) is 11.8. The number of hydrogen-bond acceptors (Lipinski definition) is 1. The normalized spacial score (nSPS) is 27.8. The van der Waals surface area contributed by atoms with Crippen LogP contribution in [0.25, 0.3) is 0 Å². The lowest BCUT2D eigenvalue weighted by Crippen LogP contribution is -2.23. The molecule has 2 aliphatic rings. The lowest BCUT2D eigenvalue weighted by atomic mass is 9.69. The number of aryl methyl sites for hydroxylation is 1. The summed E-state index contributed by atoms with van der Waals surface area (Å²) in [5.74, 6) is 2.75. The van der Waals surface area contributed by atoms with Crippen LogP contribution in [0.1, 0.15) is 81.8 Å². The van der Waals surface area contributed by atoms with Gasteiger partial charge in [-0.2, -0.15) is 0 Å². The molecule has 3 rings (SSSR count). The average molecular weight is 327 g/mol. The van der Waals surface area contributed by atoms with Gasteiger partial charge in [0, 0.05) is 0 Å². The standard InChI is InChI=1S/C23H34O/c1-3-4-18-5-9-20(10-6-18)22-13-15-23(16-14-22)21-11-7-19(8-12-21)17-24-2/h5-6,9-10,17,21-23H,3-4,7-8,11-16H2,1-2H3. The maximum atomic E-state index is 5.19. The van der Waals surface area contributed by atoms with E-state index in [2.05, 4.69) is 31.2 Å². The molecular formula is C23H34O. The fraction of sp³-hybridized carbons (Fsp3) is 0.652. The first-order valence-corrected chi connectivity index (χ1v) is 10.1. The maximum Gasteiger partial charge on any atom is 0.0816 e. The zero-order chi connectivity index (χ0) is 16.8. The highest BCUT2D eigenvalue weighted by atomic mass is 16.5. The van der Waals surface area contributed by atoms with Crippen LogP contribution < -0.4 is 0 Å². The van der Waals surface area contributed by atoms with E-state index in [1.807, 2.05) is 6.26 Å². The molecule has 0 amide bonds. The molecule has 0 unspecified atom stereocenters. The largest absolute Gasteiger partial charge is 0.504 e. The number of hydrogen-bond donors (Lipinski definition) is 0. The average Bonchev–Trinajstić information content (AvgIpc) is 2.64. The van der Waals surface area contributed by atoms with E-state index in [1.165, 1.54) is 75.3 Å². The zero-order valence-electron chi connectivity index (χ0n) is 15.6. The molecule has 132 valence electrons. The van der Waals surface area contributed by atoms with E-state index in [4.69, 9.17) is 4.74 Å². The van der Waals surface area contributed by atoms with Gasteiger partial charge in [0.2, 0.25) is 0 Å². The van der Waals surface area contributed by atoms with E-state index in [9.17, 15) is 0 Å². The lowest BCUT2D eigenvalue weighted by Gasteiger charge is -2.36. The van der Waals surface area contributed by atoms with Crippen LogP contribution in [0.3, 0.4) is 0 Å². The van der Waals surface area contributed by atoms with Crippen molar-refractivity contribution in [1.82, 2.24) is 0 Å². The number of rotatable bonds is 5. The molecular weight excluding hydrogens is 292 g/mol. The molecule has 0 heterocycles. The molecule has 0 N–H and O–H groups in total. The molecule has 2 aliphatic carbocycles. The topological polar surface area (TPSA) is 9.23 Å². The first-order valence-electron chi connectivity index (χ1n) is 10.1. The summed E-state index contributed by atoms with van der Waals surface area (Å²) in [7, 11) is 1.77. The highest BCUT2D eigenvalue weighted by Crippen LogP contribution is 2.43. The minimum atomic E-state index is 0.810. The highest BCUT2D eigenvalue weighted by molar-refractivity contribution is 5.26. The van der Waals surface area contributed by atoms with E-state index < -0.39 is 0 Å². The Hall–Kier alpha value is -1.24. The van der Waals surface area contributed by atoms with Gasteiger partial charge in [0.25, 0.3) is 0 Å². The quantitative estimate of drug-likeness (QED) is 0.551. The number of methoxy groups -OCH3 is 1. The molecule has 1 nitrogen and oxygen atoms in total. The number of ether oxygens (including phenoxy) is 1. The molecule has 0 radical (unpaired) electrons. The maximum absolute atomic E-state index is 5.19. The van der Waals surface area contributed by atoms with E-state index in [1.54, 1.807) is 12.7 Å². The molecule has 0 atom stereocenters. The fourth-order valence-corrected chi connectivity index (χ4v) is 4.94. The molecule has 0 bridgehead atoms. The van der Waals surface area contributed by atoms with Crippen LogP contribution >= 0.6 is 0 Å². The monoisotopic (exact) mass is 326 g/mol. The Morgan fingerprint density at radius 3 is 2.12 bits per heavy atom. The second-order valence-electron chi connectivity index (χ2n) is 7.95. The summed E-state index contributed by atoms with van der Waals surface area (Å²) in [4.78, 5) is 0. The molecule has 1 aromatic rings. The summed E-state index contributed by atoms with van der Waals surface area (Å²) in [6, 6.07) is 9.52. The third-order valence-corrected chi connectivity index (χ3v) is 6.39. The Kier molecular flexibility index (Phi) is 6.40. The predicted octanol–water partition coefficient (Wildman–Crippen LogP) is 6.63. The number of allylic oxidation sites excluding steroid dienone is 1. The van der Waals surface area contributed by atoms with Crippen molar-refractivity contribution in [3.63, 3.8) is 0 Å². The molecule has 2 saturated carbocycles. The third-order valence-electron chi connectivity index (χ3n) is 6.39. The van der Waals surface area contributed by atoms with Gasteiger partial charge in [0.1, 0.15) is 0 Å². The van der Waals surface area contributed by atoms with Gasteiger partial charge in [-0.1, -0.05) is 37.6 Å². The van der Waals surface area contributed by atoms with Gasteiger partial charge in [-0.05, 0) is 92.2 Å². The molecule has 1 aromatic carbocycles. The summed E-state index contributed by atoms with van der Waals surface area (Å²) >= 11 is 0. The van der Waals surface area contributed by atoms with Gasteiger partial charge in [0.15, 0.2) is 0 Å². The predicted molar refractivity (Wildman–Crippen MR) is 102 cm³/mol. The minimum absolute atomic E-state index is 0.810. The van der Waals surface area contributed by atoms with Crippen molar-refractivity contribution in [2.24, 2.45) is 11.8 Å². The van der Waals surface area contributed by atoms with Gasteiger partial charge < -0.3 is 4.74 Å². The van der Waals surface area contributed by atoms with Crippen molar-refractivity contribution in [2.45, 2.75) is 77.0 Å². The smallest absolute Gasteiger partial charge is 0.0816 e. The van der Waals surface area contributed by atoms with Gasteiger partial charge in [-0.3, -0.25) is 0 Å². The summed E-state index contributed by atoms with van der Waals surface area (Å²) in [5.41, 5.74) is 4.61. The molecule has 0 saturated heterocycles.